The number of alkyl halides is 3. The monoisotopic (exact) mass is 461 g/mol. The number of rotatable bonds is 6. The van der Waals surface area contributed by atoms with Gasteiger partial charge in [-0.3, -0.25) is 25.0 Å². The zero-order valence-electron chi connectivity index (χ0n) is 16.8. The fourth-order valence-electron chi connectivity index (χ4n) is 2.84. The molecule has 0 unspecified atom stereocenters. The summed E-state index contributed by atoms with van der Waals surface area (Å²) in [5.41, 5.74) is -1.24. The van der Waals surface area contributed by atoms with Crippen molar-refractivity contribution in [3.05, 3.63) is 97.6 Å². The number of benzene rings is 3. The molecule has 0 atom stereocenters. The summed E-state index contributed by atoms with van der Waals surface area (Å²) in [5, 5.41) is 24.1. The average molecular weight is 461 g/mol. The van der Waals surface area contributed by atoms with Crippen LogP contribution >= 0.6 is 0 Å². The van der Waals surface area contributed by atoms with E-state index in [1.807, 2.05) is 0 Å². The number of hydrogen-bond acceptors (Lipinski definition) is 6. The van der Waals surface area contributed by atoms with Crippen molar-refractivity contribution in [2.24, 2.45) is 0 Å². The summed E-state index contributed by atoms with van der Waals surface area (Å²) >= 11 is 0. The number of nitrogens with one attached hydrogen (secondary N) is 1. The number of nitro benzene ring substituents is 2. The van der Waals surface area contributed by atoms with Crippen molar-refractivity contribution in [3.8, 4) is 11.5 Å². The van der Waals surface area contributed by atoms with Crippen molar-refractivity contribution < 1.29 is 32.5 Å². The summed E-state index contributed by atoms with van der Waals surface area (Å²) in [7, 11) is 0. The van der Waals surface area contributed by atoms with Gasteiger partial charge in [0.15, 0.2) is 0 Å². The molecule has 1 amide bonds. The first-order valence-electron chi connectivity index (χ1n) is 9.15. The Morgan fingerprint density at radius 3 is 2.06 bits per heavy atom. The number of nitro groups is 2. The van der Waals surface area contributed by atoms with Crippen molar-refractivity contribution in [3.63, 3.8) is 0 Å². The second-order valence-electron chi connectivity index (χ2n) is 6.77. The molecular weight excluding hydrogens is 447 g/mol. The van der Waals surface area contributed by atoms with Gasteiger partial charge in [-0.1, -0.05) is 0 Å². The first-order chi connectivity index (χ1) is 15.5. The first-order valence-corrected chi connectivity index (χ1v) is 9.15. The van der Waals surface area contributed by atoms with Crippen molar-refractivity contribution in [2.45, 2.75) is 13.1 Å². The number of nitrogens with zero attached hydrogens (tertiary/aromatic N) is 2. The second-order valence-corrected chi connectivity index (χ2v) is 6.77. The molecule has 1 N–H and O–H groups in total. The van der Waals surface area contributed by atoms with Gasteiger partial charge in [0.1, 0.15) is 17.1 Å². The van der Waals surface area contributed by atoms with Crippen LogP contribution < -0.4 is 10.1 Å². The highest BCUT2D eigenvalue weighted by Gasteiger charge is 2.36. The zero-order valence-corrected chi connectivity index (χ0v) is 16.8. The van der Waals surface area contributed by atoms with Gasteiger partial charge in [0, 0.05) is 35.5 Å². The highest BCUT2D eigenvalue weighted by molar-refractivity contribution is 6.04. The standard InChI is InChI=1S/C21H14F3N3O6/c1-12-10-16(33-19-9-6-15(27(31)32)11-17(19)21(22,23)24)7-8-18(12)25-20(28)13-2-4-14(5-3-13)26(29)30/h2-11H,1H3,(H,25,28). The van der Waals surface area contributed by atoms with Crippen LogP contribution in [-0.2, 0) is 6.18 Å². The van der Waals surface area contributed by atoms with Crippen molar-refractivity contribution in [1.29, 1.82) is 0 Å². The SMILES string of the molecule is Cc1cc(Oc2ccc([N+](=O)[O-])cc2C(F)(F)F)ccc1NC(=O)c1ccc([N+](=O)[O-])cc1. The molecule has 33 heavy (non-hydrogen) atoms. The quantitative estimate of drug-likeness (QED) is 0.361. The van der Waals surface area contributed by atoms with Gasteiger partial charge >= 0.3 is 6.18 Å². The number of amides is 1. The van der Waals surface area contributed by atoms with Gasteiger partial charge in [-0.05, 0) is 48.9 Å². The van der Waals surface area contributed by atoms with Crippen molar-refractivity contribution >= 4 is 23.0 Å². The van der Waals surface area contributed by atoms with Gasteiger partial charge in [-0.25, -0.2) is 0 Å². The lowest BCUT2D eigenvalue weighted by Gasteiger charge is -2.15. The minimum Gasteiger partial charge on any atom is -0.457 e. The molecule has 0 heterocycles. The molecule has 0 spiro atoms. The van der Waals surface area contributed by atoms with Crippen LogP contribution in [-0.4, -0.2) is 15.8 Å². The van der Waals surface area contributed by atoms with Crippen LogP contribution in [0.2, 0.25) is 0 Å². The van der Waals surface area contributed by atoms with E-state index >= 15 is 0 Å². The summed E-state index contributed by atoms with van der Waals surface area (Å²) < 4.78 is 45.3. The molecule has 3 rings (SSSR count). The van der Waals surface area contributed by atoms with Crippen LogP contribution in [0.4, 0.5) is 30.2 Å². The number of hydrogen-bond donors (Lipinski definition) is 1. The fourth-order valence-corrected chi connectivity index (χ4v) is 2.84. The molecule has 0 aliphatic carbocycles. The number of aryl methyl sites for hydroxylation is 1. The van der Waals surface area contributed by atoms with E-state index in [2.05, 4.69) is 5.32 Å². The number of ether oxygens (including phenoxy) is 1. The Morgan fingerprint density at radius 1 is 0.909 bits per heavy atom. The summed E-state index contributed by atoms with van der Waals surface area (Å²) in [6.07, 6.45) is -4.88. The lowest BCUT2D eigenvalue weighted by molar-refractivity contribution is -0.385. The molecule has 0 aromatic heterocycles. The lowest BCUT2D eigenvalue weighted by atomic mass is 10.1. The maximum atomic E-state index is 13.3. The molecule has 12 heteroatoms. The van der Waals surface area contributed by atoms with Crippen LogP contribution in [0.1, 0.15) is 21.5 Å². The minimum atomic E-state index is -4.88. The van der Waals surface area contributed by atoms with Crippen LogP contribution in [0.25, 0.3) is 0 Å². The van der Waals surface area contributed by atoms with Crippen LogP contribution in [0.3, 0.4) is 0 Å². The Labute approximate surface area is 183 Å². The molecule has 0 fully saturated rings. The second kappa shape index (κ2) is 8.94. The molecule has 0 saturated carbocycles. The van der Waals surface area contributed by atoms with E-state index in [0.29, 0.717) is 17.3 Å². The largest absolute Gasteiger partial charge is 0.457 e. The van der Waals surface area contributed by atoms with E-state index in [-0.39, 0.29) is 17.0 Å². The van der Waals surface area contributed by atoms with Crippen LogP contribution in [0.15, 0.2) is 60.7 Å². The molecule has 3 aromatic rings. The third-order valence-corrected chi connectivity index (χ3v) is 4.49. The Morgan fingerprint density at radius 2 is 1.52 bits per heavy atom. The molecule has 0 bridgehead atoms. The summed E-state index contributed by atoms with van der Waals surface area (Å²) in [5.74, 6) is -1.15. The number of halogens is 3. The molecule has 0 saturated heterocycles. The summed E-state index contributed by atoms with van der Waals surface area (Å²) in [6.45, 7) is 1.58. The number of carbonyl (C=O) groups excluding carboxylic acids is 1. The van der Waals surface area contributed by atoms with Crippen LogP contribution in [0, 0.1) is 27.2 Å². The van der Waals surface area contributed by atoms with Gasteiger partial charge in [0.25, 0.3) is 17.3 Å². The molecule has 0 radical (unpaired) electrons. The smallest absolute Gasteiger partial charge is 0.420 e. The van der Waals surface area contributed by atoms with E-state index in [4.69, 9.17) is 4.74 Å². The molecule has 3 aromatic carbocycles. The number of carbonyl (C=O) groups is 1. The highest BCUT2D eigenvalue weighted by atomic mass is 19.4. The maximum absolute atomic E-state index is 13.3. The molecule has 170 valence electrons. The predicted octanol–water partition coefficient (Wildman–Crippen LogP) is 5.87. The fraction of sp³-hybridized carbons (Fsp3) is 0.0952. The Kier molecular flexibility index (Phi) is 6.28. The van der Waals surface area contributed by atoms with Gasteiger partial charge in [-0.15, -0.1) is 0 Å². The van der Waals surface area contributed by atoms with Gasteiger partial charge in [-0.2, -0.15) is 13.2 Å². The average Bonchev–Trinajstić information content (AvgIpc) is 2.75. The molecular formula is C21H14F3N3O6. The third-order valence-electron chi connectivity index (χ3n) is 4.49. The zero-order chi connectivity index (χ0) is 24.3. The van der Waals surface area contributed by atoms with E-state index in [0.717, 1.165) is 12.1 Å². The van der Waals surface area contributed by atoms with E-state index in [1.54, 1.807) is 6.92 Å². The summed E-state index contributed by atoms with van der Waals surface area (Å²) in [4.78, 5) is 32.3. The highest BCUT2D eigenvalue weighted by Crippen LogP contribution is 2.40. The molecule has 9 nitrogen and oxygen atoms in total. The molecule has 0 aliphatic rings. The number of non-ortho nitro benzene ring substituents is 2. The topological polar surface area (TPSA) is 125 Å². The van der Waals surface area contributed by atoms with Gasteiger partial charge in [0.2, 0.25) is 0 Å². The minimum absolute atomic E-state index is 0.0141. The van der Waals surface area contributed by atoms with E-state index < -0.39 is 38.9 Å². The van der Waals surface area contributed by atoms with E-state index in [9.17, 15) is 38.2 Å². The van der Waals surface area contributed by atoms with E-state index in [1.165, 1.54) is 42.5 Å². The van der Waals surface area contributed by atoms with Crippen molar-refractivity contribution in [1.82, 2.24) is 0 Å². The third kappa shape index (κ3) is 5.42. The van der Waals surface area contributed by atoms with Crippen molar-refractivity contribution in [2.75, 3.05) is 5.32 Å². The Balaban J connectivity index is 1.80. The summed E-state index contributed by atoms with van der Waals surface area (Å²) in [6, 6.07) is 11.2. The first kappa shape index (κ1) is 23.2. The van der Waals surface area contributed by atoms with Gasteiger partial charge in [0.05, 0.1) is 9.85 Å². The number of anilines is 1. The molecule has 0 aliphatic heterocycles. The Hall–Kier alpha value is -4.48. The Bertz CT molecular complexity index is 1240. The lowest BCUT2D eigenvalue weighted by Crippen LogP contribution is -2.12. The maximum Gasteiger partial charge on any atom is 0.420 e. The van der Waals surface area contributed by atoms with Crippen LogP contribution in [0.5, 0.6) is 11.5 Å². The predicted molar refractivity (Wildman–Crippen MR) is 110 cm³/mol. The normalized spacial score (nSPS) is 11.0. The van der Waals surface area contributed by atoms with Gasteiger partial charge < -0.3 is 10.1 Å².